The summed E-state index contributed by atoms with van der Waals surface area (Å²) in [5.74, 6) is 1.75. The number of rotatable bonds is 16. The number of fused-ring (bicyclic) bond motifs is 3. The molecule has 4 fully saturated rings. The van der Waals surface area contributed by atoms with Crippen molar-refractivity contribution in [2.45, 2.75) is 75.9 Å². The van der Waals surface area contributed by atoms with Crippen molar-refractivity contribution >= 4 is 0 Å². The topological polar surface area (TPSA) is 111 Å². The third-order valence-corrected chi connectivity index (χ3v) is 11.2. The van der Waals surface area contributed by atoms with Crippen LogP contribution in [0.1, 0.15) is 73.3 Å². The highest BCUT2D eigenvalue weighted by Crippen LogP contribution is 2.42. The number of piperidine rings is 3. The van der Waals surface area contributed by atoms with Gasteiger partial charge in [0.25, 0.3) is 0 Å². The van der Waals surface area contributed by atoms with Crippen molar-refractivity contribution in [3.63, 3.8) is 0 Å². The highest BCUT2D eigenvalue weighted by molar-refractivity contribution is 5.36. The van der Waals surface area contributed by atoms with Gasteiger partial charge in [0.1, 0.15) is 29.7 Å². The number of phenols is 1. The van der Waals surface area contributed by atoms with E-state index in [2.05, 4.69) is 17.4 Å². The molecule has 0 amide bonds. The summed E-state index contributed by atoms with van der Waals surface area (Å²) in [7, 11) is 0. The molecule has 3 atom stereocenters. The van der Waals surface area contributed by atoms with Crippen molar-refractivity contribution in [1.29, 1.82) is 0 Å². The summed E-state index contributed by atoms with van der Waals surface area (Å²) in [6.07, 6.45) is 7.38. The first-order valence-electron chi connectivity index (χ1n) is 17.7. The molecule has 3 heterocycles. The number of hydrogen-bond acceptors (Lipinski definition) is 7. The molecule has 1 aliphatic carbocycles. The SMILES string of the molecule is OCc1cc([C@@H](O)CNCc2ccc(OCCC[N+]34CCC(CC3)[C@@H](OC[C@@](O)(c3ccccc3)C3CCCC3)C4)cc2)ccc1O. The lowest BCUT2D eigenvalue weighted by molar-refractivity contribution is -0.946. The van der Waals surface area contributed by atoms with E-state index in [0.29, 0.717) is 43.3 Å². The Labute approximate surface area is 279 Å². The molecule has 0 radical (unpaired) electrons. The summed E-state index contributed by atoms with van der Waals surface area (Å²) in [6, 6.07) is 23.1. The van der Waals surface area contributed by atoms with Crippen LogP contribution in [0.4, 0.5) is 0 Å². The molecule has 3 aromatic rings. The van der Waals surface area contributed by atoms with Gasteiger partial charge in [-0.1, -0.05) is 61.4 Å². The number of nitrogens with zero attached hydrogens (tertiary/aromatic N) is 1. The van der Waals surface area contributed by atoms with Crippen LogP contribution in [-0.2, 0) is 23.5 Å². The van der Waals surface area contributed by atoms with Crippen molar-refractivity contribution in [2.75, 3.05) is 45.9 Å². The van der Waals surface area contributed by atoms with Crippen LogP contribution in [0.15, 0.2) is 72.8 Å². The summed E-state index contributed by atoms with van der Waals surface area (Å²) < 4.78 is 13.9. The molecular weight excluding hydrogens is 592 g/mol. The van der Waals surface area contributed by atoms with Crippen molar-refractivity contribution in [2.24, 2.45) is 11.8 Å². The first-order chi connectivity index (χ1) is 22.9. The fraction of sp³-hybridized carbons (Fsp3) is 0.538. The Kier molecular flexibility index (Phi) is 11.2. The third-order valence-electron chi connectivity index (χ3n) is 11.2. The zero-order valence-electron chi connectivity index (χ0n) is 27.6. The molecule has 1 saturated carbocycles. The van der Waals surface area contributed by atoms with Crippen LogP contribution in [0.2, 0.25) is 0 Å². The van der Waals surface area contributed by atoms with Gasteiger partial charge < -0.3 is 39.7 Å². The molecule has 254 valence electrons. The number of ether oxygens (including phenoxy) is 2. The number of aliphatic hydroxyl groups excluding tert-OH is 2. The number of hydrogen-bond donors (Lipinski definition) is 5. The van der Waals surface area contributed by atoms with Gasteiger partial charge >= 0.3 is 0 Å². The van der Waals surface area contributed by atoms with Crippen LogP contribution >= 0.6 is 0 Å². The van der Waals surface area contributed by atoms with E-state index >= 15 is 0 Å². The Morgan fingerprint density at radius 1 is 0.936 bits per heavy atom. The van der Waals surface area contributed by atoms with Gasteiger partial charge in [0.15, 0.2) is 0 Å². The smallest absolute Gasteiger partial charge is 0.121 e. The number of benzene rings is 3. The molecule has 0 spiro atoms. The van der Waals surface area contributed by atoms with Crippen molar-refractivity contribution in [3.05, 3.63) is 95.1 Å². The highest BCUT2D eigenvalue weighted by Gasteiger charge is 2.48. The predicted octanol–water partition coefficient (Wildman–Crippen LogP) is 5.18. The lowest BCUT2D eigenvalue weighted by Gasteiger charge is -2.53. The molecule has 8 heteroatoms. The second-order valence-corrected chi connectivity index (χ2v) is 14.2. The van der Waals surface area contributed by atoms with E-state index in [-0.39, 0.29) is 24.4 Å². The molecule has 7 rings (SSSR count). The number of aromatic hydroxyl groups is 1. The average Bonchev–Trinajstić information content (AvgIpc) is 3.67. The van der Waals surface area contributed by atoms with Crippen LogP contribution in [0, 0.1) is 11.8 Å². The molecule has 0 unspecified atom stereocenters. The first-order valence-corrected chi connectivity index (χ1v) is 17.7. The molecule has 3 aliphatic heterocycles. The molecule has 3 saturated heterocycles. The van der Waals surface area contributed by atoms with E-state index in [1.54, 1.807) is 12.1 Å². The summed E-state index contributed by atoms with van der Waals surface area (Å²) in [5.41, 5.74) is 2.25. The maximum atomic E-state index is 12.0. The molecule has 8 nitrogen and oxygen atoms in total. The minimum Gasteiger partial charge on any atom is -0.508 e. The molecule has 4 aliphatic rings. The van der Waals surface area contributed by atoms with Gasteiger partial charge in [-0.2, -0.15) is 0 Å². The van der Waals surface area contributed by atoms with E-state index in [0.717, 1.165) is 53.7 Å². The van der Waals surface area contributed by atoms with E-state index in [1.807, 2.05) is 42.5 Å². The molecule has 3 aromatic carbocycles. The summed E-state index contributed by atoms with van der Waals surface area (Å²) >= 11 is 0. The molecular formula is C39H53N2O6+. The average molecular weight is 646 g/mol. The maximum absolute atomic E-state index is 12.0. The van der Waals surface area contributed by atoms with Gasteiger partial charge in [-0.3, -0.25) is 0 Å². The lowest BCUT2D eigenvalue weighted by Crippen LogP contribution is -2.65. The van der Waals surface area contributed by atoms with Crippen LogP contribution in [0.5, 0.6) is 11.5 Å². The van der Waals surface area contributed by atoms with Gasteiger partial charge in [0.05, 0.1) is 45.6 Å². The Morgan fingerprint density at radius 2 is 1.68 bits per heavy atom. The minimum absolute atomic E-state index is 0.0283. The number of quaternary nitrogens is 1. The zero-order valence-corrected chi connectivity index (χ0v) is 27.6. The Hall–Kier alpha value is -2.98. The maximum Gasteiger partial charge on any atom is 0.121 e. The first kappa shape index (κ1) is 33.9. The predicted molar refractivity (Wildman–Crippen MR) is 182 cm³/mol. The van der Waals surface area contributed by atoms with Crippen LogP contribution in [0.25, 0.3) is 0 Å². The lowest BCUT2D eigenvalue weighted by atomic mass is 9.80. The summed E-state index contributed by atoms with van der Waals surface area (Å²) in [4.78, 5) is 0. The fourth-order valence-electron chi connectivity index (χ4n) is 8.23. The van der Waals surface area contributed by atoms with Gasteiger partial charge in [-0.05, 0) is 59.7 Å². The zero-order chi connectivity index (χ0) is 32.7. The van der Waals surface area contributed by atoms with Crippen LogP contribution in [0.3, 0.4) is 0 Å². The van der Waals surface area contributed by atoms with Crippen molar-refractivity contribution < 1.29 is 34.4 Å². The van der Waals surface area contributed by atoms with Gasteiger partial charge in [-0.15, -0.1) is 0 Å². The second-order valence-electron chi connectivity index (χ2n) is 14.2. The van der Waals surface area contributed by atoms with Gasteiger partial charge in [0, 0.05) is 43.8 Å². The quantitative estimate of drug-likeness (QED) is 0.108. The second kappa shape index (κ2) is 15.5. The highest BCUT2D eigenvalue weighted by atomic mass is 16.5. The largest absolute Gasteiger partial charge is 0.508 e. The van der Waals surface area contributed by atoms with Crippen molar-refractivity contribution in [3.8, 4) is 11.5 Å². The molecule has 5 N–H and O–H groups in total. The normalized spacial score (nSPS) is 24.7. The number of aliphatic hydroxyl groups is 3. The van der Waals surface area contributed by atoms with E-state index in [9.17, 15) is 20.4 Å². The monoisotopic (exact) mass is 645 g/mol. The Morgan fingerprint density at radius 3 is 2.40 bits per heavy atom. The van der Waals surface area contributed by atoms with E-state index in [1.165, 1.54) is 44.8 Å². The van der Waals surface area contributed by atoms with Gasteiger partial charge in [-0.25, -0.2) is 0 Å². The summed E-state index contributed by atoms with van der Waals surface area (Å²) in [6.45, 7) is 6.30. The standard InChI is InChI=1S/C39H52N2O6/c42-27-32-23-31(13-16-36(32)43)37(44)25-40-24-29-11-14-35(15-12-29)46-22-6-19-41-20-17-30(18-21-41)38(26-41)47-28-39(45,34-9-4-5-10-34)33-7-2-1-3-8-33/h1-3,7-8,11-16,23,30,34,37-38,40,42,44-45H,4-6,9-10,17-22,24-28H2/p+1/t30?,37-,38-,39+,41?/m0/s1. The molecule has 0 aromatic heterocycles. The molecule has 2 bridgehead atoms. The van der Waals surface area contributed by atoms with Crippen LogP contribution in [-0.4, -0.2) is 77.0 Å². The van der Waals surface area contributed by atoms with Gasteiger partial charge in [0.2, 0.25) is 0 Å². The fourth-order valence-corrected chi connectivity index (χ4v) is 8.23. The van der Waals surface area contributed by atoms with Crippen molar-refractivity contribution in [1.82, 2.24) is 5.32 Å². The minimum atomic E-state index is -0.908. The van der Waals surface area contributed by atoms with E-state index < -0.39 is 11.7 Å². The van der Waals surface area contributed by atoms with E-state index in [4.69, 9.17) is 9.47 Å². The molecule has 47 heavy (non-hydrogen) atoms. The summed E-state index contributed by atoms with van der Waals surface area (Å²) in [5, 5.41) is 44.9. The third kappa shape index (κ3) is 8.19. The van der Waals surface area contributed by atoms with Crippen LogP contribution < -0.4 is 10.1 Å². The Bertz CT molecular complexity index is 1400. The Balaban J connectivity index is 0.935. The number of nitrogens with one attached hydrogen (secondary N) is 1.